The van der Waals surface area contributed by atoms with Crippen molar-refractivity contribution in [2.24, 2.45) is 7.05 Å². The molecule has 0 radical (unpaired) electrons. The minimum Gasteiger partial charge on any atom is -0.363 e. The van der Waals surface area contributed by atoms with E-state index in [0.29, 0.717) is 6.04 Å². The molecule has 0 spiro atoms. The third kappa shape index (κ3) is 2.88. The third-order valence-corrected chi connectivity index (χ3v) is 4.65. The Balaban J connectivity index is 1.69. The largest absolute Gasteiger partial charge is 0.363 e. The van der Waals surface area contributed by atoms with Gasteiger partial charge in [0.1, 0.15) is 5.82 Å². The second-order valence-corrected chi connectivity index (χ2v) is 6.49. The van der Waals surface area contributed by atoms with Crippen LogP contribution in [0, 0.1) is 6.92 Å². The Kier molecular flexibility index (Phi) is 4.21. The van der Waals surface area contributed by atoms with Crippen molar-refractivity contribution in [2.45, 2.75) is 38.8 Å². The van der Waals surface area contributed by atoms with Crippen LogP contribution in [0.3, 0.4) is 0 Å². The van der Waals surface area contributed by atoms with E-state index in [0.717, 1.165) is 18.7 Å². The maximum Gasteiger partial charge on any atom is 0.130 e. The van der Waals surface area contributed by atoms with Crippen molar-refractivity contribution in [1.82, 2.24) is 15.1 Å². The van der Waals surface area contributed by atoms with Crippen LogP contribution in [0.5, 0.6) is 0 Å². The summed E-state index contributed by atoms with van der Waals surface area (Å²) in [5, 5.41) is 8.32. The molecule has 118 valence electrons. The van der Waals surface area contributed by atoms with Gasteiger partial charge in [0.2, 0.25) is 0 Å². The Labute approximate surface area is 133 Å². The second-order valence-electron chi connectivity index (χ2n) is 6.49. The van der Waals surface area contributed by atoms with E-state index in [1.165, 1.54) is 35.3 Å². The van der Waals surface area contributed by atoms with Crippen molar-refractivity contribution >= 4 is 5.82 Å². The number of anilines is 1. The highest BCUT2D eigenvalue weighted by molar-refractivity contribution is 5.48. The summed E-state index contributed by atoms with van der Waals surface area (Å²) < 4.78 is 1.97. The normalized spacial score (nSPS) is 17.4. The van der Waals surface area contributed by atoms with Crippen molar-refractivity contribution in [3.63, 3.8) is 0 Å². The number of nitrogens with zero attached hydrogens (tertiary/aromatic N) is 3. The fourth-order valence-electron chi connectivity index (χ4n) is 3.57. The summed E-state index contributed by atoms with van der Waals surface area (Å²) in [6.07, 6.45) is 3.53. The van der Waals surface area contributed by atoms with E-state index in [-0.39, 0.29) is 0 Å². The molecule has 2 aromatic rings. The van der Waals surface area contributed by atoms with E-state index >= 15 is 0 Å². The van der Waals surface area contributed by atoms with Crippen molar-refractivity contribution in [1.29, 1.82) is 0 Å². The third-order valence-electron chi connectivity index (χ3n) is 4.65. The summed E-state index contributed by atoms with van der Waals surface area (Å²) in [7, 11) is 6.18. The second kappa shape index (κ2) is 6.13. The molecule has 0 amide bonds. The topological polar surface area (TPSA) is 33.1 Å². The molecule has 0 saturated heterocycles. The molecular formula is C18H26N4. The van der Waals surface area contributed by atoms with E-state index in [9.17, 15) is 0 Å². The monoisotopic (exact) mass is 298 g/mol. The number of hydrogen-bond acceptors (Lipinski definition) is 3. The molecule has 1 unspecified atom stereocenters. The van der Waals surface area contributed by atoms with Gasteiger partial charge in [-0.3, -0.25) is 4.68 Å². The van der Waals surface area contributed by atoms with Crippen LogP contribution in [0.1, 0.15) is 28.8 Å². The van der Waals surface area contributed by atoms with E-state index in [1.807, 2.05) is 11.7 Å². The summed E-state index contributed by atoms with van der Waals surface area (Å²) in [4.78, 5) is 2.15. The molecule has 1 aliphatic carbocycles. The van der Waals surface area contributed by atoms with Crippen molar-refractivity contribution in [3.05, 3.63) is 46.6 Å². The molecule has 0 fully saturated rings. The first-order valence-electron chi connectivity index (χ1n) is 8.06. The van der Waals surface area contributed by atoms with Crippen molar-refractivity contribution in [3.8, 4) is 0 Å². The first-order chi connectivity index (χ1) is 10.6. The molecule has 0 bridgehead atoms. The number of aryl methyl sites for hydroxylation is 3. The smallest absolute Gasteiger partial charge is 0.130 e. The molecule has 1 atom stereocenters. The van der Waals surface area contributed by atoms with Gasteiger partial charge >= 0.3 is 0 Å². The Morgan fingerprint density at radius 2 is 2.00 bits per heavy atom. The van der Waals surface area contributed by atoms with Crippen LogP contribution in [0.25, 0.3) is 0 Å². The standard InChI is InChI=1S/C18H26N4/c1-13-17(18(21(2)3)22(4)20-13)12-19-16-10-9-14-7-5-6-8-15(14)11-16/h5-8,16,19H,9-12H2,1-4H3. The molecule has 0 aliphatic heterocycles. The fourth-order valence-corrected chi connectivity index (χ4v) is 3.57. The van der Waals surface area contributed by atoms with Crippen LogP contribution in [0.4, 0.5) is 5.82 Å². The zero-order valence-corrected chi connectivity index (χ0v) is 14.1. The minimum absolute atomic E-state index is 0.560. The molecule has 1 N–H and O–H groups in total. The lowest BCUT2D eigenvalue weighted by atomic mass is 9.88. The molecule has 4 heteroatoms. The summed E-state index contributed by atoms with van der Waals surface area (Å²) in [6.45, 7) is 2.99. The van der Waals surface area contributed by atoms with E-state index in [4.69, 9.17) is 0 Å². The average Bonchev–Trinajstić information content (AvgIpc) is 2.78. The van der Waals surface area contributed by atoms with Crippen LogP contribution in [-0.2, 0) is 26.4 Å². The Morgan fingerprint density at radius 1 is 1.27 bits per heavy atom. The lowest BCUT2D eigenvalue weighted by Crippen LogP contribution is -2.34. The Bertz CT molecular complexity index is 657. The zero-order chi connectivity index (χ0) is 15.7. The lowest BCUT2D eigenvalue weighted by Gasteiger charge is -2.26. The van der Waals surface area contributed by atoms with Gasteiger partial charge in [-0.1, -0.05) is 24.3 Å². The quantitative estimate of drug-likeness (QED) is 0.941. The molecule has 3 rings (SSSR count). The predicted molar refractivity (Wildman–Crippen MR) is 91.4 cm³/mol. The van der Waals surface area contributed by atoms with Gasteiger partial charge in [0.25, 0.3) is 0 Å². The maximum atomic E-state index is 4.57. The SMILES string of the molecule is Cc1nn(C)c(N(C)C)c1CNC1CCc2ccccc2C1. The Hall–Kier alpha value is -1.81. The molecule has 22 heavy (non-hydrogen) atoms. The highest BCUT2D eigenvalue weighted by Gasteiger charge is 2.20. The summed E-state index contributed by atoms with van der Waals surface area (Å²) in [5.41, 5.74) is 5.45. The number of rotatable bonds is 4. The molecule has 1 heterocycles. The molecule has 1 aromatic heterocycles. The van der Waals surface area contributed by atoms with Crippen LogP contribution in [0.15, 0.2) is 24.3 Å². The van der Waals surface area contributed by atoms with Gasteiger partial charge in [-0.15, -0.1) is 0 Å². The van der Waals surface area contributed by atoms with Crippen LogP contribution in [0.2, 0.25) is 0 Å². The van der Waals surface area contributed by atoms with Gasteiger partial charge in [0, 0.05) is 39.3 Å². The number of aromatic nitrogens is 2. The van der Waals surface area contributed by atoms with Crippen LogP contribution < -0.4 is 10.2 Å². The number of fused-ring (bicyclic) bond motifs is 1. The maximum absolute atomic E-state index is 4.57. The van der Waals surface area contributed by atoms with Crippen molar-refractivity contribution in [2.75, 3.05) is 19.0 Å². The Morgan fingerprint density at radius 3 is 2.73 bits per heavy atom. The van der Waals surface area contributed by atoms with Crippen LogP contribution in [-0.4, -0.2) is 29.9 Å². The zero-order valence-electron chi connectivity index (χ0n) is 14.1. The fraction of sp³-hybridized carbons (Fsp3) is 0.500. The van der Waals surface area contributed by atoms with Gasteiger partial charge in [-0.05, 0) is 37.3 Å². The predicted octanol–water partition coefficient (Wildman–Crippen LogP) is 2.44. The molecule has 0 saturated carbocycles. The number of hydrogen-bond donors (Lipinski definition) is 1. The highest BCUT2D eigenvalue weighted by atomic mass is 15.4. The summed E-state index contributed by atoms with van der Waals surface area (Å²) in [6, 6.07) is 9.39. The summed E-state index contributed by atoms with van der Waals surface area (Å²) >= 11 is 0. The van der Waals surface area contributed by atoms with E-state index in [2.05, 4.69) is 60.6 Å². The first-order valence-corrected chi connectivity index (χ1v) is 8.06. The van der Waals surface area contributed by atoms with Crippen molar-refractivity contribution < 1.29 is 0 Å². The van der Waals surface area contributed by atoms with E-state index < -0.39 is 0 Å². The summed E-state index contributed by atoms with van der Waals surface area (Å²) in [5.74, 6) is 1.20. The van der Waals surface area contributed by atoms with Gasteiger partial charge in [-0.25, -0.2) is 0 Å². The van der Waals surface area contributed by atoms with Gasteiger partial charge in [-0.2, -0.15) is 5.10 Å². The average molecular weight is 298 g/mol. The lowest BCUT2D eigenvalue weighted by molar-refractivity contribution is 0.457. The highest BCUT2D eigenvalue weighted by Crippen LogP contribution is 2.24. The molecule has 1 aliphatic rings. The first kappa shape index (κ1) is 15.1. The van der Waals surface area contributed by atoms with Gasteiger partial charge in [0.15, 0.2) is 0 Å². The minimum atomic E-state index is 0.560. The molecule has 4 nitrogen and oxygen atoms in total. The van der Waals surface area contributed by atoms with Crippen LogP contribution >= 0.6 is 0 Å². The number of benzene rings is 1. The molecule has 1 aromatic carbocycles. The van der Waals surface area contributed by atoms with Gasteiger partial charge < -0.3 is 10.2 Å². The van der Waals surface area contributed by atoms with E-state index in [1.54, 1.807) is 0 Å². The molecular weight excluding hydrogens is 272 g/mol. The van der Waals surface area contributed by atoms with Gasteiger partial charge in [0.05, 0.1) is 5.69 Å². The number of nitrogens with one attached hydrogen (secondary N) is 1.